The number of nitrogens with zero attached hydrogens (tertiary/aromatic N) is 1. The quantitative estimate of drug-likeness (QED) is 0.577. The summed E-state index contributed by atoms with van der Waals surface area (Å²) in [5.74, 6) is -1.34. The number of carbonyl (C=O) groups is 3. The minimum atomic E-state index is -1.01. The van der Waals surface area contributed by atoms with E-state index in [2.05, 4.69) is 24.0 Å². The van der Waals surface area contributed by atoms with Crippen LogP contribution in [0.3, 0.4) is 0 Å². The van der Waals surface area contributed by atoms with E-state index < -0.39 is 28.9 Å². The lowest BCUT2D eigenvalue weighted by atomic mass is 9.75. The lowest BCUT2D eigenvalue weighted by molar-refractivity contribution is -0.167. The predicted octanol–water partition coefficient (Wildman–Crippen LogP) is 4.43. The number of benzene rings is 2. The molecule has 0 spiro atoms. The maximum absolute atomic E-state index is 13.2. The van der Waals surface area contributed by atoms with Crippen LogP contribution < -0.4 is 5.32 Å². The summed E-state index contributed by atoms with van der Waals surface area (Å²) < 4.78 is 5.64. The van der Waals surface area contributed by atoms with Gasteiger partial charge in [-0.2, -0.15) is 0 Å². The van der Waals surface area contributed by atoms with E-state index in [4.69, 9.17) is 4.74 Å². The molecule has 0 unspecified atom stereocenters. The molecule has 4 rings (SSSR count). The fraction of sp³-hybridized carbons (Fsp3) is 0.393. The van der Waals surface area contributed by atoms with Crippen LogP contribution in [-0.2, 0) is 14.3 Å². The van der Waals surface area contributed by atoms with Crippen molar-refractivity contribution in [2.24, 2.45) is 10.8 Å². The molecule has 1 fully saturated rings. The van der Waals surface area contributed by atoms with E-state index in [1.807, 2.05) is 57.2 Å². The monoisotopic (exact) mass is 476 g/mol. The highest BCUT2D eigenvalue weighted by atomic mass is 16.5. The van der Waals surface area contributed by atoms with Gasteiger partial charge in [-0.05, 0) is 34.1 Å². The fourth-order valence-electron chi connectivity index (χ4n) is 5.06. The van der Waals surface area contributed by atoms with Crippen molar-refractivity contribution in [3.8, 4) is 11.1 Å². The first-order valence-corrected chi connectivity index (χ1v) is 11.8. The second-order valence-electron chi connectivity index (χ2n) is 10.5. The SMILES string of the molecule is C=CCC1(C(=O)O)CN(C(=O)[C@@H](NC(=O)OCC2c3ccccc3-c3ccccc32)C(C)(C)C)C1. The number of carbonyl (C=O) groups excluding carboxylic acids is 2. The molecule has 2 aromatic rings. The van der Waals surface area contributed by atoms with Gasteiger partial charge in [0.05, 0.1) is 0 Å². The summed E-state index contributed by atoms with van der Waals surface area (Å²) in [5.41, 5.74) is 2.89. The molecular weight excluding hydrogens is 444 g/mol. The van der Waals surface area contributed by atoms with Gasteiger partial charge in [0.25, 0.3) is 0 Å². The number of fused-ring (bicyclic) bond motifs is 3. The van der Waals surface area contributed by atoms with Crippen LogP contribution in [0.4, 0.5) is 4.79 Å². The summed E-state index contributed by atoms with van der Waals surface area (Å²) in [6.07, 6.45) is 1.18. The zero-order valence-electron chi connectivity index (χ0n) is 20.4. The van der Waals surface area contributed by atoms with Crippen molar-refractivity contribution >= 4 is 18.0 Å². The van der Waals surface area contributed by atoms with Gasteiger partial charge >= 0.3 is 12.1 Å². The summed E-state index contributed by atoms with van der Waals surface area (Å²) in [4.78, 5) is 39.3. The molecule has 184 valence electrons. The van der Waals surface area contributed by atoms with Crippen molar-refractivity contribution in [2.75, 3.05) is 19.7 Å². The smallest absolute Gasteiger partial charge is 0.407 e. The Morgan fingerprint density at radius 2 is 1.66 bits per heavy atom. The minimum Gasteiger partial charge on any atom is -0.481 e. The van der Waals surface area contributed by atoms with E-state index in [0.29, 0.717) is 0 Å². The van der Waals surface area contributed by atoms with E-state index in [9.17, 15) is 19.5 Å². The maximum Gasteiger partial charge on any atom is 0.407 e. The zero-order valence-corrected chi connectivity index (χ0v) is 20.4. The van der Waals surface area contributed by atoms with Gasteiger partial charge in [0.2, 0.25) is 5.91 Å². The van der Waals surface area contributed by atoms with Gasteiger partial charge in [0, 0.05) is 19.0 Å². The Morgan fingerprint density at radius 3 is 2.14 bits per heavy atom. The van der Waals surface area contributed by atoms with Crippen molar-refractivity contribution in [1.29, 1.82) is 0 Å². The van der Waals surface area contributed by atoms with Crippen molar-refractivity contribution in [2.45, 2.75) is 39.2 Å². The topological polar surface area (TPSA) is 95.9 Å². The van der Waals surface area contributed by atoms with Crippen LogP contribution >= 0.6 is 0 Å². The number of likely N-dealkylation sites (tertiary alicyclic amines) is 1. The number of carboxylic acid groups (broad SMARTS) is 1. The third-order valence-corrected chi connectivity index (χ3v) is 7.01. The fourth-order valence-corrected chi connectivity index (χ4v) is 5.06. The largest absolute Gasteiger partial charge is 0.481 e. The molecule has 1 atom stereocenters. The van der Waals surface area contributed by atoms with E-state index >= 15 is 0 Å². The second-order valence-corrected chi connectivity index (χ2v) is 10.5. The third-order valence-electron chi connectivity index (χ3n) is 7.01. The highest BCUT2D eigenvalue weighted by molar-refractivity contribution is 5.89. The molecule has 1 aliphatic heterocycles. The number of rotatable bonds is 7. The van der Waals surface area contributed by atoms with Crippen LogP contribution in [0.2, 0.25) is 0 Å². The van der Waals surface area contributed by atoms with E-state index in [-0.39, 0.29) is 37.9 Å². The Labute approximate surface area is 205 Å². The molecular formula is C28H32N2O5. The number of alkyl carbamates (subject to hydrolysis) is 1. The van der Waals surface area contributed by atoms with Crippen LogP contribution in [0.1, 0.15) is 44.2 Å². The molecule has 2 amide bonds. The summed E-state index contributed by atoms with van der Waals surface area (Å²) >= 11 is 0. The molecule has 0 radical (unpaired) electrons. The molecule has 1 saturated heterocycles. The highest BCUT2D eigenvalue weighted by Gasteiger charge is 2.52. The average molecular weight is 477 g/mol. The van der Waals surface area contributed by atoms with Crippen LogP contribution in [0, 0.1) is 10.8 Å². The Balaban J connectivity index is 1.43. The number of carboxylic acids is 1. The Hall–Kier alpha value is -3.61. The lowest BCUT2D eigenvalue weighted by Gasteiger charge is -2.49. The van der Waals surface area contributed by atoms with E-state index in [1.165, 1.54) is 4.90 Å². The molecule has 7 heteroatoms. The first kappa shape index (κ1) is 24.5. The molecule has 1 aliphatic carbocycles. The van der Waals surface area contributed by atoms with Gasteiger partial charge in [-0.3, -0.25) is 9.59 Å². The number of nitrogens with one attached hydrogen (secondary N) is 1. The van der Waals surface area contributed by atoms with Gasteiger partial charge in [0.1, 0.15) is 18.1 Å². The second kappa shape index (κ2) is 9.21. The van der Waals surface area contributed by atoms with Crippen LogP contribution in [-0.4, -0.2) is 53.7 Å². The third kappa shape index (κ3) is 4.55. The lowest BCUT2D eigenvalue weighted by Crippen LogP contribution is -2.66. The van der Waals surface area contributed by atoms with Crippen LogP contribution in [0.15, 0.2) is 61.2 Å². The Bertz CT molecular complexity index is 1110. The number of hydrogen-bond acceptors (Lipinski definition) is 4. The molecule has 0 saturated carbocycles. The van der Waals surface area contributed by atoms with Gasteiger partial charge in [-0.1, -0.05) is 75.4 Å². The van der Waals surface area contributed by atoms with Gasteiger partial charge < -0.3 is 20.1 Å². The number of hydrogen-bond donors (Lipinski definition) is 2. The maximum atomic E-state index is 13.2. The molecule has 7 nitrogen and oxygen atoms in total. The first-order chi connectivity index (χ1) is 16.6. The molecule has 0 aromatic heterocycles. The molecule has 35 heavy (non-hydrogen) atoms. The molecule has 2 aliphatic rings. The van der Waals surface area contributed by atoms with Gasteiger partial charge in [-0.15, -0.1) is 6.58 Å². The van der Waals surface area contributed by atoms with E-state index in [1.54, 1.807) is 6.08 Å². The van der Waals surface area contributed by atoms with Crippen molar-refractivity contribution in [1.82, 2.24) is 10.2 Å². The van der Waals surface area contributed by atoms with Crippen molar-refractivity contribution in [3.63, 3.8) is 0 Å². The molecule has 0 bridgehead atoms. The zero-order chi connectivity index (χ0) is 25.4. The molecule has 2 aromatic carbocycles. The molecule has 1 heterocycles. The summed E-state index contributed by atoms with van der Waals surface area (Å²) in [6, 6.07) is 15.3. The number of amides is 2. The van der Waals surface area contributed by atoms with Gasteiger partial charge in [-0.25, -0.2) is 4.79 Å². The Morgan fingerprint density at radius 1 is 1.11 bits per heavy atom. The number of ether oxygens (including phenoxy) is 1. The standard InChI is InChI=1S/C28H32N2O5/c1-5-14-28(25(32)33)16-30(17-28)24(31)23(27(2,3)4)29-26(34)35-15-22-20-12-8-6-10-18(20)19-11-7-9-13-21(19)22/h5-13,22-23H,1,14-17H2,2-4H3,(H,29,34)(H,32,33)/t23-/m1/s1. The summed E-state index contributed by atoms with van der Waals surface area (Å²) in [7, 11) is 0. The Kier molecular flexibility index (Phi) is 6.45. The summed E-state index contributed by atoms with van der Waals surface area (Å²) in [6.45, 7) is 9.53. The number of aliphatic carboxylic acids is 1. The van der Waals surface area contributed by atoms with Crippen LogP contribution in [0.25, 0.3) is 11.1 Å². The first-order valence-electron chi connectivity index (χ1n) is 11.8. The minimum absolute atomic E-state index is 0.0811. The summed E-state index contributed by atoms with van der Waals surface area (Å²) in [5, 5.41) is 12.3. The van der Waals surface area contributed by atoms with Crippen LogP contribution in [0.5, 0.6) is 0 Å². The normalized spacial score (nSPS) is 16.9. The van der Waals surface area contributed by atoms with Crippen molar-refractivity contribution < 1.29 is 24.2 Å². The van der Waals surface area contributed by atoms with Crippen molar-refractivity contribution in [3.05, 3.63) is 72.3 Å². The molecule has 2 N–H and O–H groups in total. The average Bonchev–Trinajstić information content (AvgIpc) is 3.10. The predicted molar refractivity (Wildman–Crippen MR) is 133 cm³/mol. The number of allylic oxidation sites excluding steroid dienone is 1. The highest BCUT2D eigenvalue weighted by Crippen LogP contribution is 2.44. The van der Waals surface area contributed by atoms with Gasteiger partial charge in [0.15, 0.2) is 0 Å². The van der Waals surface area contributed by atoms with E-state index in [0.717, 1.165) is 22.3 Å².